The second-order valence-electron chi connectivity index (χ2n) is 9.72. The van der Waals surface area contributed by atoms with E-state index in [0.717, 1.165) is 41.7 Å². The van der Waals surface area contributed by atoms with E-state index < -0.39 is 5.25 Å². The Morgan fingerprint density at radius 1 is 1.13 bits per heavy atom. The Morgan fingerprint density at radius 2 is 1.77 bits per heavy atom. The highest BCUT2D eigenvalue weighted by Crippen LogP contribution is 2.57. The highest BCUT2D eigenvalue weighted by Gasteiger charge is 2.48. The van der Waals surface area contributed by atoms with Crippen LogP contribution in [0.3, 0.4) is 0 Å². The van der Waals surface area contributed by atoms with Gasteiger partial charge in [0.25, 0.3) is 0 Å². The third-order valence-electron chi connectivity index (χ3n) is 7.84. The number of hydrogen-bond acceptors (Lipinski definition) is 4. The number of carbonyl (C=O) groups excluding carboxylic acids is 2. The molecule has 6 rings (SSSR count). The van der Waals surface area contributed by atoms with E-state index in [-0.39, 0.29) is 18.2 Å². The maximum absolute atomic E-state index is 13.1. The normalized spacial score (nSPS) is 35.6. The molecule has 1 saturated heterocycles. The number of amidine groups is 1. The molecule has 31 heavy (non-hydrogen) atoms. The summed E-state index contributed by atoms with van der Waals surface area (Å²) in [5.74, 6) is 4.23. The number of benzene rings is 1. The van der Waals surface area contributed by atoms with Gasteiger partial charge in [-0.25, -0.2) is 4.99 Å². The summed E-state index contributed by atoms with van der Waals surface area (Å²) < 4.78 is 0. The SMILES string of the molecule is CNC(=O)C1CC(=O)N(CCC2C3CC4CC(C3)CC2C4)C(=Nc2ccc(Cl)cc2)S1. The van der Waals surface area contributed by atoms with Crippen LogP contribution in [0.25, 0.3) is 0 Å². The van der Waals surface area contributed by atoms with E-state index >= 15 is 0 Å². The minimum Gasteiger partial charge on any atom is -0.358 e. The van der Waals surface area contributed by atoms with E-state index in [4.69, 9.17) is 16.6 Å². The summed E-state index contributed by atoms with van der Waals surface area (Å²) in [5, 5.41) is 3.53. The summed E-state index contributed by atoms with van der Waals surface area (Å²) in [6, 6.07) is 7.29. The monoisotopic (exact) mass is 459 g/mol. The fourth-order valence-corrected chi connectivity index (χ4v) is 7.95. The minimum absolute atomic E-state index is 0.00359. The average molecular weight is 460 g/mol. The number of halogens is 1. The van der Waals surface area contributed by atoms with Crippen LogP contribution in [0, 0.1) is 29.6 Å². The number of aliphatic imine (C=N–C) groups is 1. The summed E-state index contributed by atoms with van der Waals surface area (Å²) in [7, 11) is 1.61. The first kappa shape index (κ1) is 21.3. The molecule has 0 aromatic heterocycles. The number of nitrogens with zero attached hydrogens (tertiary/aromatic N) is 2. The fraction of sp³-hybridized carbons (Fsp3) is 0.625. The summed E-state index contributed by atoms with van der Waals surface area (Å²) in [4.78, 5) is 31.9. The lowest BCUT2D eigenvalue weighted by molar-refractivity contribution is -0.130. The van der Waals surface area contributed by atoms with Crippen molar-refractivity contribution in [3.63, 3.8) is 0 Å². The molecule has 4 aliphatic carbocycles. The molecular formula is C24H30ClN3O2S. The Kier molecular flexibility index (Phi) is 6.04. The van der Waals surface area contributed by atoms with Gasteiger partial charge in [0, 0.05) is 25.0 Å². The van der Waals surface area contributed by atoms with Gasteiger partial charge in [-0.15, -0.1) is 0 Å². The zero-order valence-corrected chi connectivity index (χ0v) is 19.5. The van der Waals surface area contributed by atoms with Gasteiger partial charge in [0.05, 0.1) is 10.9 Å². The number of amides is 2. The molecule has 1 heterocycles. The van der Waals surface area contributed by atoms with E-state index in [1.54, 1.807) is 19.2 Å². The van der Waals surface area contributed by atoms with E-state index in [2.05, 4.69) is 5.32 Å². The van der Waals surface area contributed by atoms with Gasteiger partial charge >= 0.3 is 0 Å². The number of rotatable bonds is 5. The standard InChI is InChI=1S/C24H30ClN3O2S/c1-26-23(30)21-13-22(29)28(24(31-21)27-19-4-2-18(25)3-5-19)7-6-20-16-9-14-8-15(11-16)12-17(20)10-14/h2-5,14-17,20-21H,6-13H2,1H3,(H,26,30). The molecule has 1 atom stereocenters. The molecule has 5 fully saturated rings. The van der Waals surface area contributed by atoms with Gasteiger partial charge in [0.2, 0.25) is 11.8 Å². The van der Waals surface area contributed by atoms with Gasteiger partial charge in [-0.3, -0.25) is 14.5 Å². The van der Waals surface area contributed by atoms with Crippen molar-refractivity contribution in [3.8, 4) is 0 Å². The van der Waals surface area contributed by atoms with Crippen LogP contribution >= 0.6 is 23.4 Å². The predicted molar refractivity (Wildman–Crippen MR) is 125 cm³/mol. The van der Waals surface area contributed by atoms with Crippen LogP contribution in [0.4, 0.5) is 5.69 Å². The third kappa shape index (κ3) is 4.38. The Morgan fingerprint density at radius 3 is 2.39 bits per heavy atom. The lowest BCUT2D eigenvalue weighted by Gasteiger charge is -2.55. The van der Waals surface area contributed by atoms with Crippen LogP contribution in [-0.4, -0.2) is 40.7 Å². The van der Waals surface area contributed by atoms with Crippen molar-refractivity contribution in [1.82, 2.24) is 10.2 Å². The largest absolute Gasteiger partial charge is 0.358 e. The van der Waals surface area contributed by atoms with Crippen LogP contribution < -0.4 is 5.32 Å². The first-order valence-corrected chi connectivity index (χ1v) is 12.8. The maximum atomic E-state index is 13.1. The molecule has 7 heteroatoms. The summed E-state index contributed by atoms with van der Waals surface area (Å²) in [6.45, 7) is 0.700. The zero-order chi connectivity index (χ0) is 21.5. The number of nitrogens with one attached hydrogen (secondary N) is 1. The van der Waals surface area contributed by atoms with Crippen LogP contribution in [0.2, 0.25) is 5.02 Å². The quantitative estimate of drug-likeness (QED) is 0.683. The van der Waals surface area contributed by atoms with Crippen LogP contribution in [0.15, 0.2) is 29.3 Å². The Hall–Kier alpha value is -1.53. The molecule has 1 unspecified atom stereocenters. The Labute approximate surface area is 193 Å². The molecule has 1 N–H and O–H groups in total. The first-order valence-electron chi connectivity index (χ1n) is 11.5. The van der Waals surface area contributed by atoms with Crippen molar-refractivity contribution in [3.05, 3.63) is 29.3 Å². The van der Waals surface area contributed by atoms with E-state index in [0.29, 0.717) is 16.7 Å². The topological polar surface area (TPSA) is 61.8 Å². The van der Waals surface area contributed by atoms with Gasteiger partial charge in [0.15, 0.2) is 5.17 Å². The van der Waals surface area contributed by atoms with Gasteiger partial charge in [-0.05, 0) is 92.4 Å². The summed E-state index contributed by atoms with van der Waals surface area (Å²) >= 11 is 7.41. The second-order valence-corrected chi connectivity index (χ2v) is 11.3. The van der Waals surface area contributed by atoms with Crippen molar-refractivity contribution in [2.75, 3.05) is 13.6 Å². The van der Waals surface area contributed by atoms with Crippen molar-refractivity contribution < 1.29 is 9.59 Å². The molecule has 0 radical (unpaired) electrons. The van der Waals surface area contributed by atoms with Crippen LogP contribution in [0.1, 0.15) is 44.9 Å². The molecule has 1 aromatic carbocycles. The van der Waals surface area contributed by atoms with Crippen LogP contribution in [-0.2, 0) is 9.59 Å². The number of thioether (sulfide) groups is 1. The molecule has 4 bridgehead atoms. The number of carbonyl (C=O) groups is 2. The molecule has 5 aliphatic rings. The molecule has 1 aliphatic heterocycles. The second kappa shape index (κ2) is 8.78. The molecule has 5 nitrogen and oxygen atoms in total. The van der Waals surface area contributed by atoms with Crippen molar-refractivity contribution in [1.29, 1.82) is 0 Å². The van der Waals surface area contributed by atoms with Gasteiger partial charge in [0.1, 0.15) is 0 Å². The summed E-state index contributed by atoms with van der Waals surface area (Å²) in [6.07, 6.45) is 8.31. The van der Waals surface area contributed by atoms with Crippen LogP contribution in [0.5, 0.6) is 0 Å². The molecule has 166 valence electrons. The average Bonchev–Trinajstić information content (AvgIpc) is 2.75. The lowest BCUT2D eigenvalue weighted by Crippen LogP contribution is -2.49. The Balaban J connectivity index is 1.34. The molecule has 2 amide bonds. The van der Waals surface area contributed by atoms with Crippen molar-refractivity contribution in [2.24, 2.45) is 34.6 Å². The minimum atomic E-state index is -0.430. The summed E-state index contributed by atoms with van der Waals surface area (Å²) in [5.41, 5.74) is 0.747. The smallest absolute Gasteiger partial charge is 0.233 e. The number of hydrogen-bond donors (Lipinski definition) is 1. The molecule has 1 aromatic rings. The fourth-order valence-electron chi connectivity index (χ4n) is 6.64. The van der Waals surface area contributed by atoms with Gasteiger partial charge in [-0.2, -0.15) is 0 Å². The van der Waals surface area contributed by atoms with Crippen molar-refractivity contribution in [2.45, 2.75) is 50.2 Å². The predicted octanol–water partition coefficient (Wildman–Crippen LogP) is 4.87. The van der Waals surface area contributed by atoms with E-state index in [1.165, 1.54) is 43.9 Å². The highest BCUT2D eigenvalue weighted by atomic mass is 35.5. The highest BCUT2D eigenvalue weighted by molar-refractivity contribution is 8.15. The first-order chi connectivity index (χ1) is 15.0. The third-order valence-corrected chi connectivity index (χ3v) is 9.28. The molecular weight excluding hydrogens is 430 g/mol. The lowest BCUT2D eigenvalue weighted by atomic mass is 9.51. The van der Waals surface area contributed by atoms with Gasteiger partial charge < -0.3 is 5.32 Å². The molecule has 4 saturated carbocycles. The van der Waals surface area contributed by atoms with E-state index in [9.17, 15) is 9.59 Å². The van der Waals surface area contributed by atoms with Crippen molar-refractivity contribution >= 4 is 46.0 Å². The maximum Gasteiger partial charge on any atom is 0.233 e. The Bertz CT molecular complexity index is 859. The van der Waals surface area contributed by atoms with E-state index in [1.807, 2.05) is 17.0 Å². The molecule has 0 spiro atoms. The zero-order valence-electron chi connectivity index (χ0n) is 17.9. The van der Waals surface area contributed by atoms with Gasteiger partial charge in [-0.1, -0.05) is 23.4 Å².